The number of hydrogen-bond acceptors (Lipinski definition) is 4. The van der Waals surface area contributed by atoms with Gasteiger partial charge in [0.15, 0.2) is 0 Å². The molecule has 0 amide bonds. The van der Waals surface area contributed by atoms with Crippen LogP contribution >= 0.6 is 0 Å². The van der Waals surface area contributed by atoms with Crippen molar-refractivity contribution in [1.29, 1.82) is 0 Å². The summed E-state index contributed by atoms with van der Waals surface area (Å²) < 4.78 is 45.7. The van der Waals surface area contributed by atoms with Crippen LogP contribution in [0.5, 0.6) is 0 Å². The smallest absolute Gasteiger partial charge is 0.387 e. The Morgan fingerprint density at radius 1 is 1.03 bits per heavy atom. The van der Waals surface area contributed by atoms with Gasteiger partial charge >= 0.3 is 6.18 Å². The number of methoxy groups -OCH3 is 1. The molecule has 2 atom stereocenters. The molecule has 32 heavy (non-hydrogen) atoms. The molecule has 0 aliphatic heterocycles. The van der Waals surface area contributed by atoms with Crippen LogP contribution in [0.3, 0.4) is 0 Å². The van der Waals surface area contributed by atoms with Crippen molar-refractivity contribution < 1.29 is 23.0 Å². The second kappa shape index (κ2) is 10.7. The van der Waals surface area contributed by atoms with E-state index in [0.29, 0.717) is 18.6 Å². The molecule has 2 N–H and O–H groups in total. The quantitative estimate of drug-likeness (QED) is 0.490. The largest absolute Gasteiger partial charge is 0.433 e. The Labute approximate surface area is 186 Å². The first-order valence-corrected chi connectivity index (χ1v) is 10.4. The summed E-state index contributed by atoms with van der Waals surface area (Å²) >= 11 is 0. The van der Waals surface area contributed by atoms with E-state index in [2.05, 4.69) is 10.3 Å². The zero-order chi connectivity index (χ0) is 23.1. The standard InChI is InChI=1S/C25H27F3N2O2/c1-17-8-10-19(11-9-17)22-13-20(14-24(30-22)25(26,27)28)23(31)15-29-21(16-32-2)12-18-6-4-3-5-7-18/h3-11,13-14,21,23,29,31H,12,15-16H2,1-2H3/t21-,23?/m0/s1. The van der Waals surface area contributed by atoms with Gasteiger partial charge in [-0.05, 0) is 36.6 Å². The Hall–Kier alpha value is -2.74. The Kier molecular flexibility index (Phi) is 8.01. The summed E-state index contributed by atoms with van der Waals surface area (Å²) in [6, 6.07) is 19.2. The van der Waals surface area contributed by atoms with Crippen molar-refractivity contribution >= 4 is 0 Å². The minimum atomic E-state index is -4.62. The zero-order valence-electron chi connectivity index (χ0n) is 18.1. The number of benzene rings is 2. The molecule has 1 aromatic heterocycles. The van der Waals surface area contributed by atoms with Crippen molar-refractivity contribution in [2.24, 2.45) is 0 Å². The molecule has 1 unspecified atom stereocenters. The van der Waals surface area contributed by atoms with Gasteiger partial charge in [-0.1, -0.05) is 60.2 Å². The van der Waals surface area contributed by atoms with E-state index in [0.717, 1.165) is 17.2 Å². The number of nitrogens with one attached hydrogen (secondary N) is 1. The number of aromatic nitrogens is 1. The highest BCUT2D eigenvalue weighted by Gasteiger charge is 2.34. The number of aryl methyl sites for hydroxylation is 1. The summed E-state index contributed by atoms with van der Waals surface area (Å²) in [7, 11) is 1.59. The van der Waals surface area contributed by atoms with Gasteiger partial charge in [0.25, 0.3) is 0 Å². The Bertz CT molecular complexity index is 992. The third kappa shape index (κ3) is 6.63. The molecule has 0 aliphatic carbocycles. The van der Waals surface area contributed by atoms with Crippen LogP contribution in [0.4, 0.5) is 13.2 Å². The molecule has 0 bridgehead atoms. The third-order valence-electron chi connectivity index (χ3n) is 5.16. The van der Waals surface area contributed by atoms with Crippen molar-refractivity contribution in [3.63, 3.8) is 0 Å². The van der Waals surface area contributed by atoms with Crippen LogP contribution < -0.4 is 5.32 Å². The lowest BCUT2D eigenvalue weighted by Crippen LogP contribution is -2.38. The van der Waals surface area contributed by atoms with Crippen LogP contribution in [0.1, 0.15) is 28.5 Å². The number of hydrogen-bond donors (Lipinski definition) is 2. The average Bonchev–Trinajstić information content (AvgIpc) is 2.77. The van der Waals surface area contributed by atoms with E-state index in [4.69, 9.17) is 4.74 Å². The van der Waals surface area contributed by atoms with Crippen molar-refractivity contribution in [2.45, 2.75) is 31.7 Å². The second-order valence-corrected chi connectivity index (χ2v) is 7.80. The van der Waals surface area contributed by atoms with Crippen molar-refractivity contribution in [2.75, 3.05) is 20.3 Å². The molecule has 0 saturated carbocycles. The molecule has 3 rings (SSSR count). The predicted molar refractivity (Wildman–Crippen MR) is 118 cm³/mol. The molecule has 3 aromatic rings. The molecule has 7 heteroatoms. The Balaban J connectivity index is 1.80. The number of aliphatic hydroxyl groups excluding tert-OH is 1. The molecule has 170 valence electrons. The highest BCUT2D eigenvalue weighted by molar-refractivity contribution is 5.61. The number of rotatable bonds is 9. The maximum Gasteiger partial charge on any atom is 0.433 e. The summed E-state index contributed by atoms with van der Waals surface area (Å²) in [5.41, 5.74) is 1.96. The zero-order valence-corrected chi connectivity index (χ0v) is 18.1. The van der Waals surface area contributed by atoms with Gasteiger partial charge in [0.1, 0.15) is 5.69 Å². The van der Waals surface area contributed by atoms with Gasteiger partial charge in [-0.25, -0.2) is 4.98 Å². The molecular weight excluding hydrogens is 417 g/mol. The van der Waals surface area contributed by atoms with Crippen LogP contribution in [-0.4, -0.2) is 36.4 Å². The maximum atomic E-state index is 13.5. The lowest BCUT2D eigenvalue weighted by atomic mass is 10.0. The van der Waals surface area contributed by atoms with Crippen molar-refractivity contribution in [3.05, 3.63) is 89.1 Å². The highest BCUT2D eigenvalue weighted by Crippen LogP contribution is 2.32. The second-order valence-electron chi connectivity index (χ2n) is 7.80. The van der Waals surface area contributed by atoms with Gasteiger partial charge in [-0.2, -0.15) is 13.2 Å². The van der Waals surface area contributed by atoms with Crippen LogP contribution in [0.15, 0.2) is 66.7 Å². The lowest BCUT2D eigenvalue weighted by Gasteiger charge is -2.21. The molecule has 0 aliphatic rings. The number of halogens is 3. The monoisotopic (exact) mass is 444 g/mol. The summed E-state index contributed by atoms with van der Waals surface area (Å²) in [4.78, 5) is 3.79. The number of aliphatic hydroxyl groups is 1. The SMILES string of the molecule is COC[C@H](Cc1ccccc1)NCC(O)c1cc(-c2ccc(C)cc2)nc(C(F)(F)F)c1. The van der Waals surface area contributed by atoms with E-state index in [1.165, 1.54) is 6.07 Å². The van der Waals surface area contributed by atoms with Crippen molar-refractivity contribution in [1.82, 2.24) is 10.3 Å². The van der Waals surface area contributed by atoms with E-state index >= 15 is 0 Å². The fraction of sp³-hybridized carbons (Fsp3) is 0.320. The predicted octanol–water partition coefficient (Wildman–Crippen LogP) is 4.96. The molecule has 0 fully saturated rings. The van der Waals surface area contributed by atoms with Gasteiger partial charge in [0.2, 0.25) is 0 Å². The summed E-state index contributed by atoms with van der Waals surface area (Å²) in [5, 5.41) is 13.9. The van der Waals surface area contributed by atoms with E-state index in [9.17, 15) is 18.3 Å². The van der Waals surface area contributed by atoms with Gasteiger partial charge < -0.3 is 15.2 Å². The molecule has 0 saturated heterocycles. The topological polar surface area (TPSA) is 54.4 Å². The number of alkyl halides is 3. The Morgan fingerprint density at radius 3 is 2.34 bits per heavy atom. The number of nitrogens with zero attached hydrogens (tertiary/aromatic N) is 1. The van der Waals surface area contributed by atoms with Crippen LogP contribution in [-0.2, 0) is 17.3 Å². The summed E-state index contributed by atoms with van der Waals surface area (Å²) in [5.74, 6) is 0. The van der Waals surface area contributed by atoms with Gasteiger partial charge in [-0.3, -0.25) is 0 Å². The van der Waals surface area contributed by atoms with Crippen LogP contribution in [0, 0.1) is 6.92 Å². The van der Waals surface area contributed by atoms with Gasteiger partial charge in [0, 0.05) is 25.3 Å². The first-order chi connectivity index (χ1) is 15.3. The highest BCUT2D eigenvalue weighted by atomic mass is 19.4. The molecule has 0 spiro atoms. The molecule has 1 heterocycles. The first-order valence-electron chi connectivity index (χ1n) is 10.4. The van der Waals surface area contributed by atoms with E-state index in [1.54, 1.807) is 19.2 Å². The average molecular weight is 444 g/mol. The van der Waals surface area contributed by atoms with Crippen LogP contribution in [0.25, 0.3) is 11.3 Å². The summed E-state index contributed by atoms with van der Waals surface area (Å²) in [6.07, 6.45) is -5.09. The number of pyridine rings is 1. The van der Waals surface area contributed by atoms with Gasteiger partial charge in [0.05, 0.1) is 18.4 Å². The maximum absolute atomic E-state index is 13.5. The summed E-state index contributed by atoms with van der Waals surface area (Å²) in [6.45, 7) is 2.38. The minimum absolute atomic E-state index is 0.0789. The van der Waals surface area contributed by atoms with E-state index in [-0.39, 0.29) is 23.8 Å². The fourth-order valence-electron chi connectivity index (χ4n) is 3.45. The fourth-order valence-corrected chi connectivity index (χ4v) is 3.45. The molecule has 0 radical (unpaired) electrons. The molecule has 2 aromatic carbocycles. The first kappa shape index (κ1) is 23.9. The van der Waals surface area contributed by atoms with E-state index in [1.807, 2.05) is 49.4 Å². The molecular formula is C25H27F3N2O2. The lowest BCUT2D eigenvalue weighted by molar-refractivity contribution is -0.141. The van der Waals surface area contributed by atoms with Crippen molar-refractivity contribution in [3.8, 4) is 11.3 Å². The van der Waals surface area contributed by atoms with Gasteiger partial charge in [-0.15, -0.1) is 0 Å². The van der Waals surface area contributed by atoms with Crippen LogP contribution in [0.2, 0.25) is 0 Å². The molecule has 4 nitrogen and oxygen atoms in total. The third-order valence-corrected chi connectivity index (χ3v) is 5.16. The number of ether oxygens (including phenoxy) is 1. The Morgan fingerprint density at radius 2 is 1.72 bits per heavy atom. The van der Waals surface area contributed by atoms with E-state index < -0.39 is 18.0 Å². The minimum Gasteiger partial charge on any atom is -0.387 e. The normalized spacial score (nSPS) is 13.7.